The molecule has 4 heterocycles. The summed E-state index contributed by atoms with van der Waals surface area (Å²) in [6, 6.07) is 12.7. The van der Waals surface area contributed by atoms with Gasteiger partial charge in [0.25, 0.3) is 11.8 Å². The molecule has 1 saturated heterocycles. The van der Waals surface area contributed by atoms with E-state index in [1.807, 2.05) is 70.2 Å². The maximum Gasteiger partial charge on any atom is 0.271 e. The van der Waals surface area contributed by atoms with Crippen molar-refractivity contribution in [2.75, 3.05) is 32.8 Å². The van der Waals surface area contributed by atoms with Crippen molar-refractivity contribution in [3.8, 4) is 0 Å². The number of pyridine rings is 2. The molecule has 114 heavy (non-hydrogen) atoms. The number of hydrogen-bond donors (Lipinski definition) is 14. The van der Waals surface area contributed by atoms with Crippen LogP contribution in [-0.2, 0) is 72.0 Å². The Labute approximate surface area is 668 Å². The Hall–Kier alpha value is -11.4. The number of carbonyl (C=O) groups is 13. The number of hydrogen-bond acceptors (Lipinski definition) is 19. The van der Waals surface area contributed by atoms with E-state index in [1.165, 1.54) is 62.1 Å². The lowest BCUT2D eigenvalue weighted by atomic mass is 9.99. The number of nitrogens with two attached hydrogens (primary N) is 1. The largest absolute Gasteiger partial charge is 0.394 e. The van der Waals surface area contributed by atoms with Crippen LogP contribution in [-0.4, -0.2) is 206 Å². The summed E-state index contributed by atoms with van der Waals surface area (Å²) in [6.45, 7) is 10.1. The Balaban J connectivity index is 1.15. The van der Waals surface area contributed by atoms with Crippen LogP contribution in [0.5, 0.6) is 0 Å². The normalized spacial score (nSPS) is 14.9. The maximum atomic E-state index is 15.2. The molecule has 0 aliphatic carbocycles. The number of aromatic nitrogens is 4. The van der Waals surface area contributed by atoms with Crippen molar-refractivity contribution in [3.63, 3.8) is 0 Å². The number of aliphatic hydroxyl groups is 1. The number of halogens is 1. The van der Waals surface area contributed by atoms with Gasteiger partial charge < -0.3 is 79.5 Å². The fourth-order valence-electron chi connectivity index (χ4n) is 12.9. The van der Waals surface area contributed by atoms with E-state index in [4.69, 9.17) is 17.3 Å². The molecule has 13 amide bonds. The average Bonchev–Trinajstić information content (AvgIpc) is 1.51. The van der Waals surface area contributed by atoms with Crippen molar-refractivity contribution in [1.29, 1.82) is 0 Å². The molecular formula is C81H107ClN18O14. The summed E-state index contributed by atoms with van der Waals surface area (Å²) in [5.74, 6) is -9.91. The second kappa shape index (κ2) is 46.6. The molecule has 6 aromatic rings. The Morgan fingerprint density at radius 2 is 1.01 bits per heavy atom. The SMILES string of the molecule is CC(=O)N[C@H](Cc1ccc2ccccc2c1)C(=O)N[C@H](Cc1ccc(Cl)cc1)C(=O)N[C@H](Cc1cccnc1)C(=O)N[C@@H](CO)C(=O)N[C@@H](CCCCNC(=O)c1cnccn1)C(=O)N[C@H](CCCCNC(=O)c1cccnc1)C(=O)N[C@@H](CC(C)C)C(=O)N[C@@H](CCCCNC(C)C)C(=O)N1CCC[C@H]1C(=O)N[C@H](C)C(N)=O. The van der Waals surface area contributed by atoms with Gasteiger partial charge in [0, 0.05) is 94.1 Å². The number of benzene rings is 3. The van der Waals surface area contributed by atoms with Crippen molar-refractivity contribution < 1.29 is 67.4 Å². The van der Waals surface area contributed by atoms with Gasteiger partial charge in [0.05, 0.1) is 18.4 Å². The molecule has 32 nitrogen and oxygen atoms in total. The summed E-state index contributed by atoms with van der Waals surface area (Å²) in [5, 5.41) is 46.7. The van der Waals surface area contributed by atoms with E-state index in [-0.39, 0.29) is 114 Å². The zero-order chi connectivity index (χ0) is 82.6. The van der Waals surface area contributed by atoms with Gasteiger partial charge in [-0.3, -0.25) is 77.3 Å². The number of carbonyl (C=O) groups excluding carboxylic acids is 13. The van der Waals surface area contributed by atoms with Crippen LogP contribution in [0.2, 0.25) is 5.02 Å². The number of unbranched alkanes of at least 4 members (excludes halogenated alkanes) is 3. The molecule has 7 rings (SSSR count). The molecule has 0 unspecified atom stereocenters. The minimum absolute atomic E-state index is 0.0256. The topological polar surface area (TPSA) is 467 Å². The van der Waals surface area contributed by atoms with Gasteiger partial charge in [-0.15, -0.1) is 0 Å². The van der Waals surface area contributed by atoms with Crippen molar-refractivity contribution in [2.24, 2.45) is 11.7 Å². The molecule has 0 bridgehead atoms. The number of nitrogens with one attached hydrogen (secondary N) is 12. The Morgan fingerprint density at radius 1 is 0.500 bits per heavy atom. The van der Waals surface area contributed by atoms with E-state index >= 15 is 9.59 Å². The number of likely N-dealkylation sites (tertiary alicyclic amines) is 1. The van der Waals surface area contributed by atoms with Crippen molar-refractivity contribution in [1.82, 2.24) is 88.6 Å². The Morgan fingerprint density at radius 3 is 1.58 bits per heavy atom. The zero-order valence-corrected chi connectivity index (χ0v) is 66.0. The van der Waals surface area contributed by atoms with Crippen LogP contribution in [0, 0.1) is 5.92 Å². The smallest absolute Gasteiger partial charge is 0.271 e. The summed E-state index contributed by atoms with van der Waals surface area (Å²) in [4.78, 5) is 201. The van der Waals surface area contributed by atoms with E-state index in [0.29, 0.717) is 53.1 Å². The van der Waals surface area contributed by atoms with Gasteiger partial charge in [-0.25, -0.2) is 4.98 Å². The first-order valence-electron chi connectivity index (χ1n) is 38.6. The van der Waals surface area contributed by atoms with Gasteiger partial charge >= 0.3 is 0 Å². The van der Waals surface area contributed by atoms with Crippen molar-refractivity contribution >= 4 is 99.2 Å². The molecular weight excluding hydrogens is 1480 g/mol. The Bertz CT molecular complexity index is 4210. The van der Waals surface area contributed by atoms with Gasteiger partial charge in [0.2, 0.25) is 65.0 Å². The number of amides is 13. The monoisotopic (exact) mass is 1590 g/mol. The molecule has 1 fully saturated rings. The number of aliphatic hydroxyl groups excluding tert-OH is 1. The Kier molecular flexibility index (Phi) is 36.7. The lowest BCUT2D eigenvalue weighted by Gasteiger charge is -2.31. The molecule has 3 aromatic carbocycles. The maximum absolute atomic E-state index is 15.2. The minimum atomic E-state index is -1.84. The van der Waals surface area contributed by atoms with Gasteiger partial charge in [0.1, 0.15) is 66.1 Å². The van der Waals surface area contributed by atoms with Gasteiger partial charge in [-0.05, 0) is 154 Å². The third-order valence-corrected chi connectivity index (χ3v) is 19.2. The summed E-state index contributed by atoms with van der Waals surface area (Å²) < 4.78 is 0. The first-order chi connectivity index (χ1) is 54.7. The third kappa shape index (κ3) is 29.9. The van der Waals surface area contributed by atoms with Gasteiger partial charge in [0.15, 0.2) is 0 Å². The second-order valence-electron chi connectivity index (χ2n) is 29.0. The highest BCUT2D eigenvalue weighted by atomic mass is 35.5. The number of fused-ring (bicyclic) bond motifs is 1. The first kappa shape index (κ1) is 89.8. The summed E-state index contributed by atoms with van der Waals surface area (Å²) in [6.07, 6.45) is 11.9. The average molecular weight is 1590 g/mol. The van der Waals surface area contributed by atoms with Gasteiger partial charge in [-0.1, -0.05) is 100.0 Å². The van der Waals surface area contributed by atoms with Crippen LogP contribution < -0.4 is 69.5 Å². The summed E-state index contributed by atoms with van der Waals surface area (Å²) in [7, 11) is 0. The van der Waals surface area contributed by atoms with Crippen molar-refractivity contribution in [3.05, 3.63) is 167 Å². The number of rotatable bonds is 46. The molecule has 3 aromatic heterocycles. The fraction of sp³-hybridized carbons (Fsp3) is 0.469. The van der Waals surface area contributed by atoms with E-state index in [2.05, 4.69) is 83.7 Å². The molecule has 0 radical (unpaired) electrons. The minimum Gasteiger partial charge on any atom is -0.394 e. The molecule has 0 saturated carbocycles. The standard InChI is InChI=1S/C81H107ClN18O14/c1-49(2)40-63(75(108)95-62(24-11-12-34-87-50(3)4)81(114)100-39-17-25-69(100)80(113)91-51(5)70(83)103)96-74(107)61(23-9-13-35-89-71(104)58-21-16-33-85-46-58)93-73(106)60(22-10-14-36-90-72(105)67-47-86-37-38-88-67)94-79(112)68(48-101)99-78(111)66(44-55-18-15-32-84-45-55)98-77(110)65(42-53-27-30-59(82)31-28-53)97-76(109)64(92-52(6)102)43-54-26-29-56-19-7-8-20-57(56)41-54/h7-8,15-16,18-21,26-33,37-38,41,45-47,49-51,60-66,68-69,87,101H,9-14,17,22-25,34-36,39-40,42-44,48H2,1-6H3,(H2,83,103)(H,89,104)(H,90,105)(H,91,113)(H,92,102)(H,93,106)(H,94,112)(H,95,108)(H,96,107)(H,97,109)(H,98,110)(H,99,111)/t51-,60+,61-,62+,63+,64-,65-,66-,68+,69+/m1/s1. The van der Waals surface area contributed by atoms with Crippen LogP contribution in [0.15, 0.2) is 134 Å². The summed E-state index contributed by atoms with van der Waals surface area (Å²) >= 11 is 6.27. The van der Waals surface area contributed by atoms with Crippen LogP contribution in [0.4, 0.5) is 0 Å². The summed E-state index contributed by atoms with van der Waals surface area (Å²) in [5.41, 5.74) is 7.47. The molecule has 33 heteroatoms. The second-order valence-corrected chi connectivity index (χ2v) is 29.5. The molecule has 612 valence electrons. The first-order valence-corrected chi connectivity index (χ1v) is 39.0. The quantitative estimate of drug-likeness (QED) is 0.0244. The highest BCUT2D eigenvalue weighted by Crippen LogP contribution is 2.23. The third-order valence-electron chi connectivity index (χ3n) is 19.0. The van der Waals surface area contributed by atoms with Crippen LogP contribution in [0.25, 0.3) is 10.8 Å². The van der Waals surface area contributed by atoms with Crippen LogP contribution in [0.1, 0.15) is 156 Å². The van der Waals surface area contributed by atoms with E-state index in [0.717, 1.165) is 10.8 Å². The fourth-order valence-corrected chi connectivity index (χ4v) is 13.0. The molecule has 0 spiro atoms. The predicted molar refractivity (Wildman–Crippen MR) is 426 cm³/mol. The van der Waals surface area contributed by atoms with E-state index in [9.17, 15) is 57.8 Å². The highest BCUT2D eigenvalue weighted by molar-refractivity contribution is 6.30. The molecule has 1 aliphatic rings. The van der Waals surface area contributed by atoms with E-state index in [1.54, 1.807) is 48.5 Å². The molecule has 1 aliphatic heterocycles. The number of primary amides is 1. The predicted octanol–water partition coefficient (Wildman–Crippen LogP) is 2.39. The highest BCUT2D eigenvalue weighted by Gasteiger charge is 2.40. The molecule has 10 atom stereocenters. The zero-order valence-electron chi connectivity index (χ0n) is 65.2. The van der Waals surface area contributed by atoms with Crippen molar-refractivity contribution in [2.45, 2.75) is 204 Å². The molecule has 15 N–H and O–H groups in total. The van der Waals surface area contributed by atoms with Crippen LogP contribution in [0.3, 0.4) is 0 Å². The number of nitrogens with zero attached hydrogens (tertiary/aromatic N) is 5. The van der Waals surface area contributed by atoms with Crippen LogP contribution >= 0.6 is 11.6 Å². The van der Waals surface area contributed by atoms with Gasteiger partial charge in [-0.2, -0.15) is 0 Å². The lowest BCUT2D eigenvalue weighted by molar-refractivity contribution is -0.142. The van der Waals surface area contributed by atoms with E-state index < -0.39 is 144 Å². The lowest BCUT2D eigenvalue weighted by Crippen LogP contribution is -2.61.